The van der Waals surface area contributed by atoms with E-state index in [2.05, 4.69) is 5.32 Å². The number of amides is 1. The Balaban J connectivity index is 1.76. The minimum Gasteiger partial charge on any atom is -0.491 e. The van der Waals surface area contributed by atoms with Gasteiger partial charge in [-0.25, -0.2) is 0 Å². The number of rotatable bonds is 6. The van der Waals surface area contributed by atoms with E-state index in [0.717, 1.165) is 42.6 Å². The second kappa shape index (κ2) is 7.92. The van der Waals surface area contributed by atoms with Crippen molar-refractivity contribution < 1.29 is 9.53 Å². The topological polar surface area (TPSA) is 64.3 Å². The van der Waals surface area contributed by atoms with Gasteiger partial charge in [0.05, 0.1) is 6.10 Å². The SMILES string of the molecule is CC(C)Oc1ccc(-c2ccccc2C(=O)NCC2(N)CCCC2)cc1. The lowest BCUT2D eigenvalue weighted by atomic mass is 9.97. The van der Waals surface area contributed by atoms with E-state index in [1.807, 2.05) is 62.4 Å². The highest BCUT2D eigenvalue weighted by Crippen LogP contribution is 2.28. The van der Waals surface area contributed by atoms with Gasteiger partial charge in [0.15, 0.2) is 0 Å². The minimum absolute atomic E-state index is 0.0696. The molecule has 1 amide bonds. The van der Waals surface area contributed by atoms with Crippen LogP contribution in [0.2, 0.25) is 0 Å². The number of carbonyl (C=O) groups excluding carboxylic acids is 1. The van der Waals surface area contributed by atoms with Crippen molar-refractivity contribution in [3.63, 3.8) is 0 Å². The molecule has 0 heterocycles. The molecule has 1 fully saturated rings. The standard InChI is InChI=1S/C22H28N2O2/c1-16(2)26-18-11-9-17(10-12-18)19-7-3-4-8-20(19)21(25)24-15-22(23)13-5-6-14-22/h3-4,7-12,16H,5-6,13-15,23H2,1-2H3,(H,24,25). The summed E-state index contributed by atoms with van der Waals surface area (Å²) in [7, 11) is 0. The van der Waals surface area contributed by atoms with E-state index in [1.54, 1.807) is 0 Å². The van der Waals surface area contributed by atoms with Gasteiger partial charge in [-0.3, -0.25) is 4.79 Å². The third-order valence-corrected chi connectivity index (χ3v) is 4.91. The first kappa shape index (κ1) is 18.5. The zero-order valence-electron chi connectivity index (χ0n) is 15.6. The lowest BCUT2D eigenvalue weighted by Crippen LogP contribution is -2.48. The number of nitrogens with one attached hydrogen (secondary N) is 1. The zero-order valence-corrected chi connectivity index (χ0v) is 15.6. The molecule has 0 unspecified atom stereocenters. The summed E-state index contributed by atoms with van der Waals surface area (Å²) in [5, 5.41) is 3.04. The molecule has 1 saturated carbocycles. The van der Waals surface area contributed by atoms with E-state index in [9.17, 15) is 4.79 Å². The maximum atomic E-state index is 12.8. The summed E-state index contributed by atoms with van der Waals surface area (Å²) >= 11 is 0. The first-order valence-electron chi connectivity index (χ1n) is 9.40. The highest BCUT2D eigenvalue weighted by atomic mass is 16.5. The summed E-state index contributed by atoms with van der Waals surface area (Å²) in [6, 6.07) is 15.5. The molecule has 0 spiro atoms. The van der Waals surface area contributed by atoms with Crippen LogP contribution in [0, 0.1) is 0 Å². The maximum Gasteiger partial charge on any atom is 0.251 e. The normalized spacial score (nSPS) is 15.8. The second-order valence-electron chi connectivity index (χ2n) is 7.49. The van der Waals surface area contributed by atoms with E-state index < -0.39 is 0 Å². The van der Waals surface area contributed by atoms with Crippen LogP contribution >= 0.6 is 0 Å². The number of hydrogen-bond donors (Lipinski definition) is 2. The molecule has 0 atom stereocenters. The smallest absolute Gasteiger partial charge is 0.251 e. The van der Waals surface area contributed by atoms with Crippen LogP contribution in [-0.2, 0) is 0 Å². The number of hydrogen-bond acceptors (Lipinski definition) is 3. The molecule has 138 valence electrons. The Hall–Kier alpha value is -2.33. The number of carbonyl (C=O) groups is 1. The number of benzene rings is 2. The highest BCUT2D eigenvalue weighted by molar-refractivity contribution is 6.00. The Morgan fingerprint density at radius 1 is 1.12 bits per heavy atom. The summed E-state index contributed by atoms with van der Waals surface area (Å²) in [5.41, 5.74) is 8.70. The Kier molecular flexibility index (Phi) is 5.62. The van der Waals surface area contributed by atoms with E-state index in [1.165, 1.54) is 0 Å². The third-order valence-electron chi connectivity index (χ3n) is 4.91. The van der Waals surface area contributed by atoms with Gasteiger partial charge in [0.1, 0.15) is 5.75 Å². The van der Waals surface area contributed by atoms with E-state index in [0.29, 0.717) is 12.1 Å². The maximum absolute atomic E-state index is 12.8. The van der Waals surface area contributed by atoms with Gasteiger partial charge in [-0.2, -0.15) is 0 Å². The van der Waals surface area contributed by atoms with Gasteiger partial charge in [0.25, 0.3) is 5.91 Å². The molecule has 4 heteroatoms. The number of nitrogens with two attached hydrogens (primary N) is 1. The molecule has 0 saturated heterocycles. The van der Waals surface area contributed by atoms with Crippen molar-refractivity contribution in [3.05, 3.63) is 54.1 Å². The average molecular weight is 352 g/mol. The van der Waals surface area contributed by atoms with Crippen LogP contribution in [0.3, 0.4) is 0 Å². The van der Waals surface area contributed by atoms with Gasteiger partial charge >= 0.3 is 0 Å². The molecule has 0 radical (unpaired) electrons. The van der Waals surface area contributed by atoms with Crippen molar-refractivity contribution >= 4 is 5.91 Å². The van der Waals surface area contributed by atoms with Crippen molar-refractivity contribution in [2.24, 2.45) is 5.73 Å². The van der Waals surface area contributed by atoms with Crippen LogP contribution in [0.1, 0.15) is 49.9 Å². The summed E-state index contributed by atoms with van der Waals surface area (Å²) in [5.74, 6) is 0.761. The van der Waals surface area contributed by atoms with Crippen molar-refractivity contribution in [1.82, 2.24) is 5.32 Å². The van der Waals surface area contributed by atoms with E-state index in [-0.39, 0.29) is 17.6 Å². The Morgan fingerprint density at radius 2 is 1.77 bits per heavy atom. The summed E-state index contributed by atoms with van der Waals surface area (Å²) < 4.78 is 5.70. The van der Waals surface area contributed by atoms with Gasteiger partial charge in [0.2, 0.25) is 0 Å². The van der Waals surface area contributed by atoms with Gasteiger partial charge in [-0.1, -0.05) is 43.2 Å². The zero-order chi connectivity index (χ0) is 18.6. The molecule has 3 rings (SSSR count). The quantitative estimate of drug-likeness (QED) is 0.821. The summed E-state index contributed by atoms with van der Waals surface area (Å²) in [6.07, 6.45) is 4.39. The van der Waals surface area contributed by atoms with Crippen LogP contribution in [0.15, 0.2) is 48.5 Å². The molecule has 4 nitrogen and oxygen atoms in total. The Bertz CT molecular complexity index is 747. The molecule has 1 aliphatic carbocycles. The van der Waals surface area contributed by atoms with Crippen molar-refractivity contribution in [3.8, 4) is 16.9 Å². The first-order chi connectivity index (χ1) is 12.5. The minimum atomic E-state index is -0.250. The molecule has 2 aromatic rings. The average Bonchev–Trinajstić information content (AvgIpc) is 3.07. The molecule has 2 aromatic carbocycles. The van der Waals surface area contributed by atoms with Crippen LogP contribution in [-0.4, -0.2) is 24.1 Å². The van der Waals surface area contributed by atoms with Crippen molar-refractivity contribution in [2.45, 2.75) is 51.2 Å². The van der Waals surface area contributed by atoms with Gasteiger partial charge in [0, 0.05) is 17.6 Å². The third kappa shape index (κ3) is 4.44. The van der Waals surface area contributed by atoms with Crippen LogP contribution in [0.5, 0.6) is 5.75 Å². The number of ether oxygens (including phenoxy) is 1. The Labute approximate surface area is 155 Å². The molecular weight excluding hydrogens is 324 g/mol. The fourth-order valence-electron chi connectivity index (χ4n) is 3.53. The molecule has 26 heavy (non-hydrogen) atoms. The lowest BCUT2D eigenvalue weighted by molar-refractivity contribution is 0.0944. The first-order valence-corrected chi connectivity index (χ1v) is 9.40. The second-order valence-corrected chi connectivity index (χ2v) is 7.49. The van der Waals surface area contributed by atoms with Gasteiger partial charge in [-0.05, 0) is 56.0 Å². The highest BCUT2D eigenvalue weighted by Gasteiger charge is 2.29. The molecule has 0 aliphatic heterocycles. The van der Waals surface area contributed by atoms with Crippen LogP contribution in [0.25, 0.3) is 11.1 Å². The van der Waals surface area contributed by atoms with Crippen LogP contribution < -0.4 is 15.8 Å². The fourth-order valence-corrected chi connectivity index (χ4v) is 3.53. The summed E-state index contributed by atoms with van der Waals surface area (Å²) in [4.78, 5) is 12.8. The van der Waals surface area contributed by atoms with Gasteiger partial charge < -0.3 is 15.8 Å². The molecule has 1 aliphatic rings. The molecule has 0 aromatic heterocycles. The van der Waals surface area contributed by atoms with E-state index in [4.69, 9.17) is 10.5 Å². The largest absolute Gasteiger partial charge is 0.491 e. The van der Waals surface area contributed by atoms with Crippen molar-refractivity contribution in [2.75, 3.05) is 6.54 Å². The summed E-state index contributed by atoms with van der Waals surface area (Å²) in [6.45, 7) is 4.53. The van der Waals surface area contributed by atoms with Gasteiger partial charge in [-0.15, -0.1) is 0 Å². The monoisotopic (exact) mass is 352 g/mol. The van der Waals surface area contributed by atoms with Crippen LogP contribution in [0.4, 0.5) is 0 Å². The predicted octanol–water partition coefficient (Wildman–Crippen LogP) is 4.14. The molecule has 0 bridgehead atoms. The van der Waals surface area contributed by atoms with E-state index >= 15 is 0 Å². The van der Waals surface area contributed by atoms with Crippen molar-refractivity contribution in [1.29, 1.82) is 0 Å². The predicted molar refractivity (Wildman–Crippen MR) is 105 cm³/mol. The fraction of sp³-hybridized carbons (Fsp3) is 0.409. The Morgan fingerprint density at radius 3 is 2.42 bits per heavy atom. The lowest BCUT2D eigenvalue weighted by Gasteiger charge is -2.24. The molecule has 3 N–H and O–H groups in total. The molecular formula is C22H28N2O2.